The minimum absolute atomic E-state index is 0.0899. The van der Waals surface area contributed by atoms with Gasteiger partial charge in [-0.25, -0.2) is 0 Å². The van der Waals surface area contributed by atoms with Gasteiger partial charge in [-0.3, -0.25) is 4.79 Å². The van der Waals surface area contributed by atoms with Crippen molar-refractivity contribution in [3.8, 4) is 11.5 Å². The van der Waals surface area contributed by atoms with E-state index in [0.717, 1.165) is 32.4 Å². The quantitative estimate of drug-likeness (QED) is 0.640. The van der Waals surface area contributed by atoms with Gasteiger partial charge in [-0.15, -0.1) is 11.3 Å². The maximum absolute atomic E-state index is 11.9. The number of thiophene rings is 1. The molecule has 1 N–H and O–H groups in total. The maximum Gasteiger partial charge on any atom is 0.231 e. The van der Waals surface area contributed by atoms with Crippen molar-refractivity contribution in [2.24, 2.45) is 0 Å². The highest BCUT2D eigenvalue weighted by Crippen LogP contribution is 2.32. The number of carbonyl (C=O) groups is 1. The molecule has 1 aromatic carbocycles. The number of carbonyl (C=O) groups excluding carboxylic acids is 1. The Bertz CT molecular complexity index is 705. The lowest BCUT2D eigenvalue weighted by Gasteiger charge is -2.06. The summed E-state index contributed by atoms with van der Waals surface area (Å²) in [6, 6.07) is 10.0. The third-order valence-electron chi connectivity index (χ3n) is 3.52. The van der Waals surface area contributed by atoms with Crippen molar-refractivity contribution in [1.82, 2.24) is 5.32 Å². The van der Waals surface area contributed by atoms with Gasteiger partial charge < -0.3 is 14.8 Å². The van der Waals surface area contributed by atoms with Crippen LogP contribution in [0.5, 0.6) is 11.5 Å². The van der Waals surface area contributed by atoms with Crippen molar-refractivity contribution in [2.75, 3.05) is 19.1 Å². The zero-order valence-corrected chi connectivity index (χ0v) is 16.3. The summed E-state index contributed by atoms with van der Waals surface area (Å²) in [5.41, 5.74) is 1.09. The molecule has 2 aromatic rings. The first-order valence-electron chi connectivity index (χ1n) is 7.68. The number of benzene rings is 1. The number of hydrogen-bond acceptors (Lipinski definition) is 5. The van der Waals surface area contributed by atoms with E-state index < -0.39 is 0 Å². The Morgan fingerprint density at radius 1 is 1.25 bits per heavy atom. The molecular weight excluding hydrogens is 410 g/mol. The standard InChI is InChI=1S/C17H18BrNO3S2/c18-16-5-3-13(24-16)10-23-8-7-19-17(20)6-2-12-1-4-14-15(9-12)22-11-21-14/h1,3-5,9H,2,6-8,10-11H2,(H,19,20). The van der Waals surface area contributed by atoms with E-state index in [1.807, 2.05) is 30.0 Å². The van der Waals surface area contributed by atoms with Crippen molar-refractivity contribution >= 4 is 44.9 Å². The van der Waals surface area contributed by atoms with E-state index in [4.69, 9.17) is 9.47 Å². The molecule has 0 saturated heterocycles. The summed E-state index contributed by atoms with van der Waals surface area (Å²) < 4.78 is 11.8. The van der Waals surface area contributed by atoms with Gasteiger partial charge in [0.25, 0.3) is 0 Å². The van der Waals surface area contributed by atoms with Crippen LogP contribution in [0.25, 0.3) is 0 Å². The van der Waals surface area contributed by atoms with Gasteiger partial charge in [-0.1, -0.05) is 6.07 Å². The van der Waals surface area contributed by atoms with Crippen molar-refractivity contribution in [3.05, 3.63) is 44.6 Å². The highest BCUT2D eigenvalue weighted by atomic mass is 79.9. The summed E-state index contributed by atoms with van der Waals surface area (Å²) in [4.78, 5) is 13.3. The van der Waals surface area contributed by atoms with Crippen molar-refractivity contribution in [2.45, 2.75) is 18.6 Å². The monoisotopic (exact) mass is 427 g/mol. The second-order valence-electron chi connectivity index (χ2n) is 5.30. The predicted molar refractivity (Wildman–Crippen MR) is 102 cm³/mol. The van der Waals surface area contributed by atoms with Crippen molar-refractivity contribution in [1.29, 1.82) is 0 Å². The highest BCUT2D eigenvalue weighted by Gasteiger charge is 2.13. The summed E-state index contributed by atoms with van der Waals surface area (Å²) in [7, 11) is 0. The Balaban J connectivity index is 1.30. The average Bonchev–Trinajstić information content (AvgIpc) is 3.20. The molecule has 0 radical (unpaired) electrons. The van der Waals surface area contributed by atoms with Gasteiger partial charge in [-0.05, 0) is 52.2 Å². The molecule has 0 spiro atoms. The second-order valence-corrected chi connectivity index (χ2v) is 8.95. The fourth-order valence-electron chi connectivity index (χ4n) is 2.31. The van der Waals surface area contributed by atoms with Crippen LogP contribution in [-0.2, 0) is 17.0 Å². The normalized spacial score (nSPS) is 12.4. The zero-order valence-electron chi connectivity index (χ0n) is 13.0. The lowest BCUT2D eigenvalue weighted by atomic mass is 10.1. The summed E-state index contributed by atoms with van der Waals surface area (Å²) in [6.45, 7) is 0.983. The van der Waals surface area contributed by atoms with Crippen LogP contribution in [0, 0.1) is 0 Å². The fraction of sp³-hybridized carbons (Fsp3) is 0.353. The van der Waals surface area contributed by atoms with Gasteiger partial charge in [0.1, 0.15) is 0 Å². The molecular formula is C17H18BrNO3S2. The van der Waals surface area contributed by atoms with E-state index in [9.17, 15) is 4.79 Å². The molecule has 3 rings (SSSR count). The van der Waals surface area contributed by atoms with Gasteiger partial charge in [0.2, 0.25) is 12.7 Å². The smallest absolute Gasteiger partial charge is 0.231 e. The van der Waals surface area contributed by atoms with Crippen LogP contribution < -0.4 is 14.8 Å². The minimum Gasteiger partial charge on any atom is -0.454 e. The lowest BCUT2D eigenvalue weighted by Crippen LogP contribution is -2.25. The van der Waals surface area contributed by atoms with Crippen LogP contribution >= 0.6 is 39.0 Å². The summed E-state index contributed by atoms with van der Waals surface area (Å²) in [5, 5.41) is 2.98. The van der Waals surface area contributed by atoms with Crippen LogP contribution in [0.2, 0.25) is 0 Å². The maximum atomic E-state index is 11.9. The van der Waals surface area contributed by atoms with Gasteiger partial charge in [-0.2, -0.15) is 11.8 Å². The Hall–Kier alpha value is -1.18. The van der Waals surface area contributed by atoms with Crippen LogP contribution in [-0.4, -0.2) is 25.0 Å². The average molecular weight is 428 g/mol. The molecule has 0 saturated carbocycles. The number of aryl methyl sites for hydroxylation is 1. The molecule has 0 atom stereocenters. The number of fused-ring (bicyclic) bond motifs is 1. The fourth-order valence-corrected chi connectivity index (χ4v) is 4.76. The molecule has 2 heterocycles. The third kappa shape index (κ3) is 5.16. The molecule has 128 valence electrons. The summed E-state index contributed by atoms with van der Waals surface area (Å²) in [5.74, 6) is 3.55. The van der Waals surface area contributed by atoms with Gasteiger partial charge in [0.15, 0.2) is 11.5 Å². The molecule has 0 bridgehead atoms. The third-order valence-corrected chi connectivity index (χ3v) is 6.33. The first-order valence-corrected chi connectivity index (χ1v) is 10.4. The molecule has 24 heavy (non-hydrogen) atoms. The lowest BCUT2D eigenvalue weighted by molar-refractivity contribution is -0.120. The molecule has 7 heteroatoms. The predicted octanol–water partition coefficient (Wildman–Crippen LogP) is 4.22. The van der Waals surface area contributed by atoms with Crippen LogP contribution in [0.3, 0.4) is 0 Å². The number of halogens is 1. The molecule has 0 aliphatic carbocycles. The molecule has 0 unspecified atom stereocenters. The van der Waals surface area contributed by atoms with Crippen molar-refractivity contribution < 1.29 is 14.3 Å². The highest BCUT2D eigenvalue weighted by molar-refractivity contribution is 9.11. The van der Waals surface area contributed by atoms with Gasteiger partial charge in [0.05, 0.1) is 3.79 Å². The SMILES string of the molecule is O=C(CCc1ccc2c(c1)OCO2)NCCSCc1ccc(Br)s1. The molecule has 4 nitrogen and oxygen atoms in total. The minimum atomic E-state index is 0.0899. The van der Waals surface area contributed by atoms with E-state index in [-0.39, 0.29) is 12.7 Å². The van der Waals surface area contributed by atoms with E-state index in [2.05, 4.69) is 33.4 Å². The topological polar surface area (TPSA) is 47.6 Å². The summed E-state index contributed by atoms with van der Waals surface area (Å²) >= 11 is 7.05. The Labute approximate surface area is 158 Å². The van der Waals surface area contributed by atoms with E-state index in [1.54, 1.807) is 11.3 Å². The second kappa shape index (κ2) is 8.78. The molecule has 1 aromatic heterocycles. The van der Waals surface area contributed by atoms with E-state index >= 15 is 0 Å². The Kier molecular flexibility index (Phi) is 6.45. The van der Waals surface area contributed by atoms with E-state index in [1.165, 1.54) is 4.88 Å². The zero-order chi connectivity index (χ0) is 16.8. The van der Waals surface area contributed by atoms with Crippen LogP contribution in [0.15, 0.2) is 34.1 Å². The number of nitrogens with one attached hydrogen (secondary N) is 1. The Morgan fingerprint density at radius 2 is 2.12 bits per heavy atom. The van der Waals surface area contributed by atoms with Crippen LogP contribution in [0.4, 0.5) is 0 Å². The largest absolute Gasteiger partial charge is 0.454 e. The molecule has 0 fully saturated rings. The summed E-state index contributed by atoms with van der Waals surface area (Å²) in [6.07, 6.45) is 1.20. The molecule has 1 aliphatic rings. The van der Waals surface area contributed by atoms with Gasteiger partial charge >= 0.3 is 0 Å². The number of ether oxygens (including phenoxy) is 2. The number of rotatable bonds is 8. The Morgan fingerprint density at radius 3 is 2.96 bits per heavy atom. The van der Waals surface area contributed by atoms with E-state index in [0.29, 0.717) is 19.4 Å². The number of hydrogen-bond donors (Lipinski definition) is 1. The van der Waals surface area contributed by atoms with Crippen molar-refractivity contribution in [3.63, 3.8) is 0 Å². The first kappa shape index (κ1) is 17.6. The van der Waals surface area contributed by atoms with Crippen LogP contribution in [0.1, 0.15) is 16.9 Å². The molecule has 1 aliphatic heterocycles. The van der Waals surface area contributed by atoms with Gasteiger partial charge in [0, 0.05) is 29.3 Å². The molecule has 1 amide bonds. The number of amides is 1. The number of thioether (sulfide) groups is 1. The first-order chi connectivity index (χ1) is 11.7.